The fourth-order valence-corrected chi connectivity index (χ4v) is 3.93. The Bertz CT molecular complexity index is 726. The summed E-state index contributed by atoms with van der Waals surface area (Å²) in [6, 6.07) is 14.6. The zero-order valence-corrected chi connectivity index (χ0v) is 17.6. The minimum atomic E-state index is 0.430. The van der Waals surface area contributed by atoms with Crippen molar-refractivity contribution >= 4 is 11.6 Å². The van der Waals surface area contributed by atoms with Crippen LogP contribution in [0.1, 0.15) is 63.0 Å². The van der Waals surface area contributed by atoms with Crippen molar-refractivity contribution < 1.29 is 9.47 Å². The van der Waals surface area contributed by atoms with E-state index in [0.29, 0.717) is 19.3 Å². The van der Waals surface area contributed by atoms with Crippen molar-refractivity contribution in [3.05, 3.63) is 58.6 Å². The number of halogens is 1. The lowest BCUT2D eigenvalue weighted by Crippen LogP contribution is -2.29. The molecule has 0 atom stereocenters. The summed E-state index contributed by atoms with van der Waals surface area (Å²) in [7, 11) is 0. The van der Waals surface area contributed by atoms with Gasteiger partial charge in [0, 0.05) is 23.2 Å². The Morgan fingerprint density at radius 3 is 2.43 bits per heavy atom. The van der Waals surface area contributed by atoms with Crippen molar-refractivity contribution in [3.63, 3.8) is 0 Å². The molecular formula is C24H32ClNO2. The molecule has 0 spiro atoms. The number of ether oxygens (including phenoxy) is 2. The lowest BCUT2D eigenvalue weighted by Gasteiger charge is -2.21. The van der Waals surface area contributed by atoms with Crippen LogP contribution in [0.15, 0.2) is 42.5 Å². The highest BCUT2D eigenvalue weighted by molar-refractivity contribution is 6.31. The first kappa shape index (κ1) is 21.0. The molecule has 152 valence electrons. The van der Waals surface area contributed by atoms with Gasteiger partial charge in [0.2, 0.25) is 0 Å². The molecule has 4 heteroatoms. The van der Waals surface area contributed by atoms with Crippen molar-refractivity contribution in [1.29, 1.82) is 0 Å². The van der Waals surface area contributed by atoms with Crippen molar-refractivity contribution in [2.24, 2.45) is 0 Å². The second kappa shape index (κ2) is 11.3. The van der Waals surface area contributed by atoms with E-state index in [9.17, 15) is 0 Å². The molecule has 2 aromatic rings. The molecule has 3 rings (SSSR count). The van der Waals surface area contributed by atoms with Crippen molar-refractivity contribution in [3.8, 4) is 11.5 Å². The Labute approximate surface area is 174 Å². The van der Waals surface area contributed by atoms with Gasteiger partial charge in [-0.3, -0.25) is 0 Å². The highest BCUT2D eigenvalue weighted by Gasteiger charge is 2.12. The highest BCUT2D eigenvalue weighted by atomic mass is 35.5. The number of hydrogen-bond donors (Lipinski definition) is 1. The SMILES string of the molecule is CCOc1cc(CNC2CCCCCCC2)ccc1OCc1ccccc1Cl. The summed E-state index contributed by atoms with van der Waals surface area (Å²) >= 11 is 6.23. The Hall–Kier alpha value is -1.71. The number of nitrogens with one attached hydrogen (secondary N) is 1. The van der Waals surface area contributed by atoms with Crippen LogP contribution in [0, 0.1) is 0 Å². The van der Waals surface area contributed by atoms with Gasteiger partial charge in [0.15, 0.2) is 11.5 Å². The lowest BCUT2D eigenvalue weighted by atomic mass is 9.96. The molecule has 0 aliphatic heterocycles. The van der Waals surface area contributed by atoms with Crippen LogP contribution in [-0.2, 0) is 13.2 Å². The maximum atomic E-state index is 6.23. The fourth-order valence-electron chi connectivity index (χ4n) is 3.74. The first-order valence-electron chi connectivity index (χ1n) is 10.6. The predicted octanol–water partition coefficient (Wildman–Crippen LogP) is 6.52. The van der Waals surface area contributed by atoms with Gasteiger partial charge in [-0.15, -0.1) is 0 Å². The third-order valence-electron chi connectivity index (χ3n) is 5.35. The molecule has 0 bridgehead atoms. The number of hydrogen-bond acceptors (Lipinski definition) is 3. The molecule has 3 nitrogen and oxygen atoms in total. The normalized spacial score (nSPS) is 15.6. The molecule has 0 unspecified atom stereocenters. The third kappa shape index (κ3) is 6.42. The molecule has 1 fully saturated rings. The third-order valence-corrected chi connectivity index (χ3v) is 5.72. The van der Waals surface area contributed by atoms with Crippen molar-refractivity contribution in [2.45, 2.75) is 71.1 Å². The Kier molecular flexibility index (Phi) is 8.50. The van der Waals surface area contributed by atoms with Gasteiger partial charge in [-0.05, 0) is 43.5 Å². The lowest BCUT2D eigenvalue weighted by molar-refractivity contribution is 0.269. The van der Waals surface area contributed by atoms with Crippen LogP contribution in [-0.4, -0.2) is 12.6 Å². The van der Waals surface area contributed by atoms with Gasteiger partial charge in [0.25, 0.3) is 0 Å². The molecule has 28 heavy (non-hydrogen) atoms. The van der Waals surface area contributed by atoms with Crippen molar-refractivity contribution in [2.75, 3.05) is 6.61 Å². The maximum absolute atomic E-state index is 6.23. The molecule has 0 amide bonds. The van der Waals surface area contributed by atoms with E-state index in [-0.39, 0.29) is 0 Å². The smallest absolute Gasteiger partial charge is 0.161 e. The van der Waals surface area contributed by atoms with E-state index >= 15 is 0 Å². The molecule has 1 N–H and O–H groups in total. The topological polar surface area (TPSA) is 30.5 Å². The predicted molar refractivity (Wildman–Crippen MR) is 116 cm³/mol. The van der Waals surface area contributed by atoms with Crippen LogP contribution < -0.4 is 14.8 Å². The van der Waals surface area contributed by atoms with Gasteiger partial charge in [-0.1, -0.05) is 68.0 Å². The van der Waals surface area contributed by atoms with E-state index in [2.05, 4.69) is 17.4 Å². The average Bonchev–Trinajstić information content (AvgIpc) is 2.68. The van der Waals surface area contributed by atoms with Gasteiger partial charge in [0.05, 0.1) is 6.61 Å². The Balaban J connectivity index is 1.60. The standard InChI is InChI=1S/C24H32ClNO2/c1-2-27-24-16-19(17-26-21-11-6-4-3-5-7-12-21)14-15-23(24)28-18-20-10-8-9-13-22(20)25/h8-10,13-16,21,26H,2-7,11-12,17-18H2,1H3. The monoisotopic (exact) mass is 401 g/mol. The zero-order chi connectivity index (χ0) is 19.6. The molecule has 1 aliphatic rings. The van der Waals surface area contributed by atoms with Crippen LogP contribution >= 0.6 is 11.6 Å². The summed E-state index contributed by atoms with van der Waals surface area (Å²) in [6.45, 7) is 3.91. The average molecular weight is 402 g/mol. The molecule has 0 heterocycles. The number of rotatable bonds is 8. The molecule has 0 saturated heterocycles. The van der Waals surface area contributed by atoms with Gasteiger partial charge in [0.1, 0.15) is 6.61 Å². The number of benzene rings is 2. The van der Waals surface area contributed by atoms with E-state index in [1.54, 1.807) is 0 Å². The van der Waals surface area contributed by atoms with Gasteiger partial charge in [-0.25, -0.2) is 0 Å². The molecule has 0 radical (unpaired) electrons. The minimum absolute atomic E-state index is 0.430. The van der Waals surface area contributed by atoms with Crippen LogP contribution in [0.3, 0.4) is 0 Å². The largest absolute Gasteiger partial charge is 0.490 e. The van der Waals surface area contributed by atoms with Crippen LogP contribution in [0.4, 0.5) is 0 Å². The minimum Gasteiger partial charge on any atom is -0.490 e. The first-order valence-corrected chi connectivity index (χ1v) is 11.0. The molecule has 1 saturated carbocycles. The zero-order valence-electron chi connectivity index (χ0n) is 16.9. The second-order valence-electron chi connectivity index (χ2n) is 7.52. The summed E-state index contributed by atoms with van der Waals surface area (Å²) in [5.41, 5.74) is 2.21. The van der Waals surface area contributed by atoms with Crippen LogP contribution in [0.2, 0.25) is 5.02 Å². The van der Waals surface area contributed by atoms with Gasteiger partial charge >= 0.3 is 0 Å². The molecular weight excluding hydrogens is 370 g/mol. The van der Waals surface area contributed by atoms with E-state index < -0.39 is 0 Å². The summed E-state index contributed by atoms with van der Waals surface area (Å²) in [5, 5.41) is 4.47. The summed E-state index contributed by atoms with van der Waals surface area (Å²) in [6.07, 6.45) is 9.43. The van der Waals surface area contributed by atoms with Crippen molar-refractivity contribution in [1.82, 2.24) is 5.32 Å². The molecule has 1 aliphatic carbocycles. The van der Waals surface area contributed by atoms with Gasteiger partial charge < -0.3 is 14.8 Å². The Morgan fingerprint density at radius 2 is 1.68 bits per heavy atom. The summed E-state index contributed by atoms with van der Waals surface area (Å²) < 4.78 is 11.8. The van der Waals surface area contributed by atoms with E-state index in [0.717, 1.165) is 28.6 Å². The van der Waals surface area contributed by atoms with E-state index in [4.69, 9.17) is 21.1 Å². The quantitative estimate of drug-likeness (QED) is 0.546. The highest BCUT2D eigenvalue weighted by Crippen LogP contribution is 2.30. The first-order chi connectivity index (χ1) is 13.8. The molecule has 0 aromatic heterocycles. The maximum Gasteiger partial charge on any atom is 0.161 e. The van der Waals surface area contributed by atoms with E-state index in [1.165, 1.54) is 50.5 Å². The van der Waals surface area contributed by atoms with Crippen LogP contribution in [0.25, 0.3) is 0 Å². The molecule has 2 aromatic carbocycles. The van der Waals surface area contributed by atoms with E-state index in [1.807, 2.05) is 37.3 Å². The summed E-state index contributed by atoms with van der Waals surface area (Å²) in [5.74, 6) is 1.56. The van der Waals surface area contributed by atoms with Gasteiger partial charge in [-0.2, -0.15) is 0 Å². The second-order valence-corrected chi connectivity index (χ2v) is 7.92. The van der Waals surface area contributed by atoms with Crippen LogP contribution in [0.5, 0.6) is 11.5 Å². The summed E-state index contributed by atoms with van der Waals surface area (Å²) in [4.78, 5) is 0. The Morgan fingerprint density at radius 1 is 0.929 bits per heavy atom. The fraction of sp³-hybridized carbons (Fsp3) is 0.500.